The first-order valence-electron chi connectivity index (χ1n) is 5.59. The molecule has 0 saturated carbocycles. The van der Waals surface area contributed by atoms with Gasteiger partial charge in [-0.15, -0.1) is 0 Å². The summed E-state index contributed by atoms with van der Waals surface area (Å²) in [4.78, 5) is 0. The van der Waals surface area contributed by atoms with Gasteiger partial charge in [-0.3, -0.25) is 0 Å². The van der Waals surface area contributed by atoms with Crippen LogP contribution in [0.1, 0.15) is 11.1 Å². The number of rotatable bonds is 3. The summed E-state index contributed by atoms with van der Waals surface area (Å²) < 4.78 is 26.3. The molecule has 0 aliphatic heterocycles. The van der Waals surface area contributed by atoms with Gasteiger partial charge < -0.3 is 10.2 Å². The van der Waals surface area contributed by atoms with E-state index >= 15 is 0 Å². The van der Waals surface area contributed by atoms with E-state index in [0.29, 0.717) is 5.56 Å². The molecular formula is C14H10F2N2O2. The molecule has 2 aromatic rings. The number of hydrogen-bond acceptors (Lipinski definition) is 4. The fraction of sp³-hybridized carbons (Fsp3) is 0. The highest BCUT2D eigenvalue weighted by Gasteiger charge is 2.00. The Morgan fingerprint density at radius 2 is 1.60 bits per heavy atom. The molecule has 0 spiro atoms. The number of halogens is 2. The number of aromatic hydroxyl groups is 2. The van der Waals surface area contributed by atoms with Crippen LogP contribution in [0.15, 0.2) is 46.6 Å². The van der Waals surface area contributed by atoms with E-state index in [0.717, 1.165) is 12.1 Å². The van der Waals surface area contributed by atoms with Crippen molar-refractivity contribution in [3.63, 3.8) is 0 Å². The van der Waals surface area contributed by atoms with Crippen molar-refractivity contribution in [2.75, 3.05) is 0 Å². The van der Waals surface area contributed by atoms with Gasteiger partial charge in [0.25, 0.3) is 0 Å². The van der Waals surface area contributed by atoms with Crippen LogP contribution in [0.4, 0.5) is 8.78 Å². The number of benzene rings is 2. The van der Waals surface area contributed by atoms with Gasteiger partial charge in [-0.1, -0.05) is 0 Å². The monoisotopic (exact) mass is 276 g/mol. The fourth-order valence-electron chi connectivity index (χ4n) is 1.42. The van der Waals surface area contributed by atoms with Gasteiger partial charge in [0, 0.05) is 11.6 Å². The van der Waals surface area contributed by atoms with Crippen molar-refractivity contribution in [3.05, 3.63) is 59.2 Å². The highest BCUT2D eigenvalue weighted by molar-refractivity contribution is 5.83. The van der Waals surface area contributed by atoms with E-state index in [9.17, 15) is 8.78 Å². The van der Waals surface area contributed by atoms with Crippen molar-refractivity contribution in [2.45, 2.75) is 0 Å². The average molecular weight is 276 g/mol. The third-order valence-electron chi connectivity index (χ3n) is 2.43. The van der Waals surface area contributed by atoms with Gasteiger partial charge in [0.05, 0.1) is 12.4 Å². The highest BCUT2D eigenvalue weighted by atomic mass is 19.1. The molecule has 102 valence electrons. The lowest BCUT2D eigenvalue weighted by atomic mass is 10.2. The van der Waals surface area contributed by atoms with Crippen molar-refractivity contribution in [3.8, 4) is 11.5 Å². The van der Waals surface area contributed by atoms with Crippen LogP contribution in [-0.4, -0.2) is 22.6 Å². The van der Waals surface area contributed by atoms with E-state index in [-0.39, 0.29) is 11.3 Å². The van der Waals surface area contributed by atoms with Crippen molar-refractivity contribution in [1.82, 2.24) is 0 Å². The average Bonchev–Trinajstić information content (AvgIpc) is 2.40. The largest absolute Gasteiger partial charge is 0.508 e. The summed E-state index contributed by atoms with van der Waals surface area (Å²) >= 11 is 0. The van der Waals surface area contributed by atoms with E-state index in [4.69, 9.17) is 10.2 Å². The van der Waals surface area contributed by atoms with Crippen LogP contribution in [0, 0.1) is 11.6 Å². The molecule has 0 aliphatic rings. The maximum absolute atomic E-state index is 13.3. The Kier molecular flexibility index (Phi) is 4.05. The van der Waals surface area contributed by atoms with Gasteiger partial charge in [-0.2, -0.15) is 10.2 Å². The molecule has 2 aromatic carbocycles. The Hall–Kier alpha value is -2.76. The minimum Gasteiger partial charge on any atom is -0.508 e. The first-order chi connectivity index (χ1) is 9.56. The molecule has 6 heteroatoms. The van der Waals surface area contributed by atoms with Gasteiger partial charge in [0.15, 0.2) is 11.6 Å². The minimum atomic E-state index is -0.762. The molecule has 0 amide bonds. The van der Waals surface area contributed by atoms with Crippen LogP contribution in [0.5, 0.6) is 11.5 Å². The number of nitrogens with zero attached hydrogens (tertiary/aromatic N) is 2. The predicted octanol–water partition coefficient (Wildman–Crippen LogP) is 2.83. The molecular weight excluding hydrogens is 266 g/mol. The molecule has 0 heterocycles. The van der Waals surface area contributed by atoms with E-state index in [1.165, 1.54) is 36.7 Å². The lowest BCUT2D eigenvalue weighted by Crippen LogP contribution is -1.87. The summed E-state index contributed by atoms with van der Waals surface area (Å²) in [6, 6.07) is 7.38. The number of phenolic OH excluding ortho intramolecular Hbond substituents is 2. The lowest BCUT2D eigenvalue weighted by molar-refractivity contribution is 0.432. The Bertz CT molecular complexity index is 685. The van der Waals surface area contributed by atoms with Gasteiger partial charge in [-0.05, 0) is 35.9 Å². The molecule has 0 fully saturated rings. The van der Waals surface area contributed by atoms with Gasteiger partial charge in [-0.25, -0.2) is 8.78 Å². The first kappa shape index (κ1) is 13.7. The van der Waals surface area contributed by atoms with Gasteiger partial charge in [0.2, 0.25) is 0 Å². The molecule has 0 atom stereocenters. The second-order valence-electron chi connectivity index (χ2n) is 3.91. The molecule has 4 nitrogen and oxygen atoms in total. The zero-order chi connectivity index (χ0) is 14.5. The first-order valence-corrected chi connectivity index (χ1v) is 5.59. The normalized spacial score (nSPS) is 11.5. The predicted molar refractivity (Wildman–Crippen MR) is 71.3 cm³/mol. The van der Waals surface area contributed by atoms with Crippen LogP contribution < -0.4 is 0 Å². The summed E-state index contributed by atoms with van der Waals surface area (Å²) in [5.41, 5.74) is 0.570. The molecule has 2 rings (SSSR count). The summed E-state index contributed by atoms with van der Waals surface area (Å²) in [6.07, 6.45) is 2.43. The highest BCUT2D eigenvalue weighted by Crippen LogP contribution is 2.15. The second-order valence-corrected chi connectivity index (χ2v) is 3.91. The van der Waals surface area contributed by atoms with Crippen LogP contribution in [0.2, 0.25) is 0 Å². The zero-order valence-electron chi connectivity index (χ0n) is 10.2. The third-order valence-corrected chi connectivity index (χ3v) is 2.43. The Morgan fingerprint density at radius 1 is 0.850 bits per heavy atom. The Morgan fingerprint density at radius 3 is 2.30 bits per heavy atom. The second kappa shape index (κ2) is 5.92. The minimum absolute atomic E-state index is 0.164. The number of phenols is 2. The van der Waals surface area contributed by atoms with Crippen LogP contribution >= 0.6 is 0 Å². The van der Waals surface area contributed by atoms with Crippen LogP contribution in [0.25, 0.3) is 0 Å². The maximum atomic E-state index is 13.3. The van der Waals surface area contributed by atoms with Crippen LogP contribution in [-0.2, 0) is 0 Å². The summed E-state index contributed by atoms with van der Waals surface area (Å²) in [5.74, 6) is -2.01. The number of hydrogen-bond donors (Lipinski definition) is 2. The topological polar surface area (TPSA) is 65.2 Å². The smallest absolute Gasteiger partial charge is 0.165 e. The summed E-state index contributed by atoms with van der Waals surface area (Å²) in [7, 11) is 0. The van der Waals surface area contributed by atoms with Crippen molar-refractivity contribution >= 4 is 12.4 Å². The van der Waals surface area contributed by atoms with Gasteiger partial charge in [0.1, 0.15) is 11.6 Å². The molecule has 0 unspecified atom stereocenters. The quantitative estimate of drug-likeness (QED) is 0.668. The molecule has 0 aliphatic carbocycles. The maximum Gasteiger partial charge on any atom is 0.165 e. The SMILES string of the molecule is Oc1ccc(/C=N/N=C/c2ccc(O)c(F)c2)c(F)c1. The molecule has 0 aromatic heterocycles. The lowest BCUT2D eigenvalue weighted by Gasteiger charge is -1.96. The van der Waals surface area contributed by atoms with E-state index < -0.39 is 17.4 Å². The molecule has 0 radical (unpaired) electrons. The Balaban J connectivity index is 2.09. The van der Waals surface area contributed by atoms with Gasteiger partial charge >= 0.3 is 0 Å². The summed E-state index contributed by atoms with van der Waals surface area (Å²) in [5, 5.41) is 25.3. The van der Waals surface area contributed by atoms with Crippen molar-refractivity contribution in [2.24, 2.45) is 10.2 Å². The standard InChI is InChI=1S/C14H10F2N2O2/c15-12-6-11(19)3-2-10(12)8-18-17-7-9-1-4-14(20)13(16)5-9/h1-8,19-20H/b17-7+,18-8+. The van der Waals surface area contributed by atoms with E-state index in [1.54, 1.807) is 0 Å². The van der Waals surface area contributed by atoms with Crippen LogP contribution in [0.3, 0.4) is 0 Å². The van der Waals surface area contributed by atoms with Crippen molar-refractivity contribution < 1.29 is 19.0 Å². The molecule has 0 bridgehead atoms. The third kappa shape index (κ3) is 3.38. The van der Waals surface area contributed by atoms with Crippen molar-refractivity contribution in [1.29, 1.82) is 0 Å². The summed E-state index contributed by atoms with van der Waals surface area (Å²) in [6.45, 7) is 0. The van der Waals surface area contributed by atoms with E-state index in [2.05, 4.69) is 10.2 Å². The van der Waals surface area contributed by atoms with E-state index in [1.807, 2.05) is 0 Å². The zero-order valence-corrected chi connectivity index (χ0v) is 10.2. The Labute approximate surface area is 113 Å². The molecule has 0 saturated heterocycles. The molecule has 20 heavy (non-hydrogen) atoms. The fourth-order valence-corrected chi connectivity index (χ4v) is 1.42. The molecule has 2 N–H and O–H groups in total.